The zero-order valence-electron chi connectivity index (χ0n) is 13.0. The molecule has 0 aromatic carbocycles. The van der Waals surface area contributed by atoms with E-state index in [4.69, 9.17) is 0 Å². The van der Waals surface area contributed by atoms with Crippen LogP contribution in [-0.4, -0.2) is 44.7 Å². The molecule has 0 saturated carbocycles. The SMILES string of the molecule is C[C@H](N[C@H](C)c1nnc2n1CCCC2)C(=O)N1CCCC1. The van der Waals surface area contributed by atoms with Crippen molar-refractivity contribution >= 4 is 5.91 Å². The number of carbonyl (C=O) groups is 1. The number of rotatable bonds is 4. The van der Waals surface area contributed by atoms with Crippen molar-refractivity contribution in [2.24, 2.45) is 0 Å². The normalized spacial score (nSPS) is 21.1. The third-order valence-electron chi connectivity index (χ3n) is 4.56. The number of amides is 1. The lowest BCUT2D eigenvalue weighted by molar-refractivity contribution is -0.132. The van der Waals surface area contributed by atoms with Crippen LogP contribution in [0.3, 0.4) is 0 Å². The topological polar surface area (TPSA) is 63.1 Å². The molecule has 6 nitrogen and oxygen atoms in total. The Balaban J connectivity index is 1.64. The summed E-state index contributed by atoms with van der Waals surface area (Å²) in [5, 5.41) is 12.0. The summed E-state index contributed by atoms with van der Waals surface area (Å²) in [7, 11) is 0. The minimum atomic E-state index is -0.172. The molecule has 0 spiro atoms. The van der Waals surface area contributed by atoms with Crippen LogP contribution in [0.4, 0.5) is 0 Å². The van der Waals surface area contributed by atoms with Gasteiger partial charge in [-0.1, -0.05) is 0 Å². The lowest BCUT2D eigenvalue weighted by Gasteiger charge is -2.25. The molecule has 0 radical (unpaired) electrons. The van der Waals surface area contributed by atoms with Crippen LogP contribution >= 0.6 is 0 Å². The lowest BCUT2D eigenvalue weighted by atomic mass is 10.1. The highest BCUT2D eigenvalue weighted by Gasteiger charge is 2.26. The lowest BCUT2D eigenvalue weighted by Crippen LogP contribution is -2.44. The zero-order valence-corrected chi connectivity index (χ0v) is 13.0. The maximum Gasteiger partial charge on any atom is 0.239 e. The van der Waals surface area contributed by atoms with Gasteiger partial charge in [0.1, 0.15) is 11.6 Å². The van der Waals surface area contributed by atoms with Gasteiger partial charge in [-0.05, 0) is 39.5 Å². The first-order chi connectivity index (χ1) is 10.2. The number of fused-ring (bicyclic) bond motifs is 1. The van der Waals surface area contributed by atoms with E-state index in [0.29, 0.717) is 0 Å². The Hall–Kier alpha value is -1.43. The molecule has 116 valence electrons. The van der Waals surface area contributed by atoms with Crippen LogP contribution in [0, 0.1) is 0 Å². The summed E-state index contributed by atoms with van der Waals surface area (Å²) in [6.07, 6.45) is 5.66. The molecule has 0 aliphatic carbocycles. The first-order valence-corrected chi connectivity index (χ1v) is 8.13. The first-order valence-electron chi connectivity index (χ1n) is 8.13. The average molecular weight is 291 g/mol. The Labute approximate surface area is 125 Å². The Bertz CT molecular complexity index is 506. The molecule has 1 amide bonds. The molecule has 6 heteroatoms. The smallest absolute Gasteiger partial charge is 0.239 e. The van der Waals surface area contributed by atoms with Crippen molar-refractivity contribution < 1.29 is 4.79 Å². The third kappa shape index (κ3) is 2.95. The van der Waals surface area contributed by atoms with E-state index in [2.05, 4.69) is 27.0 Å². The maximum atomic E-state index is 12.4. The van der Waals surface area contributed by atoms with Gasteiger partial charge in [0, 0.05) is 26.1 Å². The fraction of sp³-hybridized carbons (Fsp3) is 0.800. The monoisotopic (exact) mass is 291 g/mol. The number of hydrogen-bond acceptors (Lipinski definition) is 4. The van der Waals surface area contributed by atoms with E-state index in [1.54, 1.807) is 0 Å². The molecule has 1 saturated heterocycles. The Morgan fingerprint density at radius 2 is 1.81 bits per heavy atom. The summed E-state index contributed by atoms with van der Waals surface area (Å²) in [6, 6.07) is -0.124. The predicted octanol–water partition coefficient (Wildman–Crippen LogP) is 1.28. The summed E-state index contributed by atoms with van der Waals surface area (Å²) >= 11 is 0. The second-order valence-corrected chi connectivity index (χ2v) is 6.23. The van der Waals surface area contributed by atoms with Crippen molar-refractivity contribution in [1.29, 1.82) is 0 Å². The molecule has 2 atom stereocenters. The molecular weight excluding hydrogens is 266 g/mol. The van der Waals surface area contributed by atoms with E-state index in [1.165, 1.54) is 12.8 Å². The van der Waals surface area contributed by atoms with Gasteiger partial charge in [-0.15, -0.1) is 10.2 Å². The van der Waals surface area contributed by atoms with E-state index in [-0.39, 0.29) is 18.0 Å². The van der Waals surface area contributed by atoms with Gasteiger partial charge in [-0.2, -0.15) is 0 Å². The van der Waals surface area contributed by atoms with Crippen LogP contribution in [0.1, 0.15) is 57.2 Å². The Morgan fingerprint density at radius 3 is 2.57 bits per heavy atom. The Morgan fingerprint density at radius 1 is 1.10 bits per heavy atom. The van der Waals surface area contributed by atoms with Crippen LogP contribution in [-0.2, 0) is 17.8 Å². The molecule has 0 unspecified atom stereocenters. The van der Waals surface area contributed by atoms with Crippen molar-refractivity contribution in [2.45, 2.75) is 64.6 Å². The molecular formula is C15H25N5O. The standard InChI is InChI=1S/C15H25N5O/c1-11(14-18-17-13-7-3-4-10-20(13)14)16-12(2)15(21)19-8-5-6-9-19/h11-12,16H,3-10H2,1-2H3/t11-,12+/m1/s1. The van der Waals surface area contributed by atoms with Gasteiger partial charge in [0.25, 0.3) is 0 Å². The largest absolute Gasteiger partial charge is 0.341 e. The van der Waals surface area contributed by atoms with Crippen LogP contribution in [0.5, 0.6) is 0 Å². The van der Waals surface area contributed by atoms with Crippen LogP contribution in [0.15, 0.2) is 0 Å². The van der Waals surface area contributed by atoms with Gasteiger partial charge in [0.05, 0.1) is 12.1 Å². The summed E-state index contributed by atoms with van der Waals surface area (Å²) in [4.78, 5) is 14.3. The van der Waals surface area contributed by atoms with Crippen molar-refractivity contribution in [1.82, 2.24) is 25.0 Å². The Kier molecular flexibility index (Phi) is 4.24. The maximum absolute atomic E-state index is 12.4. The number of carbonyl (C=O) groups excluding carboxylic acids is 1. The second-order valence-electron chi connectivity index (χ2n) is 6.23. The molecule has 3 heterocycles. The van der Waals surface area contributed by atoms with Gasteiger partial charge < -0.3 is 9.47 Å². The summed E-state index contributed by atoms with van der Waals surface area (Å²) in [5.74, 6) is 2.26. The summed E-state index contributed by atoms with van der Waals surface area (Å²) in [6.45, 7) is 6.82. The molecule has 2 aliphatic rings. The van der Waals surface area contributed by atoms with Crippen LogP contribution in [0.25, 0.3) is 0 Å². The second kappa shape index (κ2) is 6.13. The van der Waals surface area contributed by atoms with E-state index in [0.717, 1.165) is 50.5 Å². The minimum Gasteiger partial charge on any atom is -0.341 e. The average Bonchev–Trinajstić information content (AvgIpc) is 3.15. The molecule has 2 aliphatic heterocycles. The van der Waals surface area contributed by atoms with E-state index < -0.39 is 0 Å². The van der Waals surface area contributed by atoms with E-state index in [9.17, 15) is 4.79 Å². The molecule has 1 N–H and O–H groups in total. The first kappa shape index (κ1) is 14.5. The third-order valence-corrected chi connectivity index (χ3v) is 4.56. The van der Waals surface area contributed by atoms with Crippen molar-refractivity contribution in [3.8, 4) is 0 Å². The number of nitrogens with one attached hydrogen (secondary N) is 1. The number of likely N-dealkylation sites (tertiary alicyclic amines) is 1. The zero-order chi connectivity index (χ0) is 14.8. The molecule has 1 aromatic heterocycles. The minimum absolute atomic E-state index is 0.0471. The van der Waals surface area contributed by atoms with E-state index in [1.807, 2.05) is 11.8 Å². The van der Waals surface area contributed by atoms with Gasteiger partial charge in [-0.25, -0.2) is 0 Å². The highest BCUT2D eigenvalue weighted by molar-refractivity contribution is 5.81. The highest BCUT2D eigenvalue weighted by atomic mass is 16.2. The number of aryl methyl sites for hydroxylation is 1. The van der Waals surface area contributed by atoms with Gasteiger partial charge in [-0.3, -0.25) is 10.1 Å². The van der Waals surface area contributed by atoms with Crippen LogP contribution in [0.2, 0.25) is 0 Å². The number of aromatic nitrogens is 3. The van der Waals surface area contributed by atoms with Crippen molar-refractivity contribution in [2.75, 3.05) is 13.1 Å². The van der Waals surface area contributed by atoms with Crippen molar-refractivity contribution in [3.63, 3.8) is 0 Å². The van der Waals surface area contributed by atoms with Gasteiger partial charge in [0.15, 0.2) is 0 Å². The molecule has 3 rings (SSSR count). The fourth-order valence-electron chi connectivity index (χ4n) is 3.38. The molecule has 1 aromatic rings. The van der Waals surface area contributed by atoms with Crippen LogP contribution < -0.4 is 5.32 Å². The highest BCUT2D eigenvalue weighted by Crippen LogP contribution is 2.19. The summed E-state index contributed by atoms with van der Waals surface area (Å²) in [5.41, 5.74) is 0. The van der Waals surface area contributed by atoms with Gasteiger partial charge >= 0.3 is 0 Å². The van der Waals surface area contributed by atoms with Crippen molar-refractivity contribution in [3.05, 3.63) is 11.6 Å². The summed E-state index contributed by atoms with van der Waals surface area (Å²) < 4.78 is 2.22. The van der Waals surface area contributed by atoms with Gasteiger partial charge in [0.2, 0.25) is 5.91 Å². The number of hydrogen-bond donors (Lipinski definition) is 1. The predicted molar refractivity (Wildman–Crippen MR) is 79.8 cm³/mol. The molecule has 1 fully saturated rings. The quantitative estimate of drug-likeness (QED) is 0.907. The molecule has 21 heavy (non-hydrogen) atoms. The molecule has 0 bridgehead atoms. The number of nitrogens with zero attached hydrogens (tertiary/aromatic N) is 4. The fourth-order valence-corrected chi connectivity index (χ4v) is 3.38. The van der Waals surface area contributed by atoms with E-state index >= 15 is 0 Å².